The highest BCUT2D eigenvalue weighted by Gasteiger charge is 2.56. The topological polar surface area (TPSA) is 119 Å². The number of benzene rings is 4. The van der Waals surface area contributed by atoms with Crippen molar-refractivity contribution in [1.29, 1.82) is 0 Å². The number of β-lactam (4-membered cyclic amide) rings is 1. The van der Waals surface area contributed by atoms with E-state index >= 15 is 0 Å². The predicted octanol–water partition coefficient (Wildman–Crippen LogP) is 8.30. The smallest absolute Gasteiger partial charge is 0.416 e. The van der Waals surface area contributed by atoms with E-state index in [2.05, 4.69) is 35.3 Å². The molecule has 0 radical (unpaired) electrons. The molecule has 3 atom stereocenters. The molecule has 2 fully saturated rings. The van der Waals surface area contributed by atoms with Crippen LogP contribution < -0.4 is 9.64 Å². The van der Waals surface area contributed by atoms with Gasteiger partial charge >= 0.3 is 18.1 Å². The van der Waals surface area contributed by atoms with Crippen LogP contribution in [0.25, 0.3) is 10.8 Å². The van der Waals surface area contributed by atoms with Crippen molar-refractivity contribution in [3.63, 3.8) is 0 Å². The van der Waals surface area contributed by atoms with Gasteiger partial charge in [-0.25, -0.2) is 24.3 Å². The van der Waals surface area contributed by atoms with E-state index in [4.69, 9.17) is 14.2 Å². The van der Waals surface area contributed by atoms with Crippen molar-refractivity contribution in [2.24, 2.45) is 5.92 Å². The predicted molar refractivity (Wildman–Crippen MR) is 217 cm³/mol. The van der Waals surface area contributed by atoms with E-state index in [0.29, 0.717) is 30.2 Å². The number of carbonyl (C=O) groups excluding carboxylic acids is 4. The Kier molecular flexibility index (Phi) is 11.5. The maximum Gasteiger partial charge on any atom is 0.416 e. The van der Waals surface area contributed by atoms with Crippen LogP contribution in [0.2, 0.25) is 0 Å². The average Bonchev–Trinajstić information content (AvgIpc) is 3.22. The maximum atomic E-state index is 14.3. The molecule has 4 amide bonds. The Morgan fingerprint density at radius 3 is 2.32 bits per heavy atom. The average molecular weight is 769 g/mol. The fourth-order valence-electron chi connectivity index (χ4n) is 7.54. The Morgan fingerprint density at radius 2 is 1.58 bits per heavy atom. The third-order valence-corrected chi connectivity index (χ3v) is 10.5. The molecule has 0 spiro atoms. The number of esters is 1. The second-order valence-corrected chi connectivity index (χ2v) is 15.7. The summed E-state index contributed by atoms with van der Waals surface area (Å²) < 4.78 is 16.8. The van der Waals surface area contributed by atoms with Crippen LogP contribution >= 0.6 is 0 Å². The van der Waals surface area contributed by atoms with Crippen molar-refractivity contribution in [1.82, 2.24) is 14.8 Å². The van der Waals surface area contributed by atoms with Gasteiger partial charge in [-0.15, -0.1) is 0 Å². The first-order valence-corrected chi connectivity index (χ1v) is 19.4. The monoisotopic (exact) mass is 768 g/mol. The number of pyridine rings is 1. The molecule has 0 saturated carbocycles. The zero-order chi connectivity index (χ0) is 40.1. The van der Waals surface area contributed by atoms with Gasteiger partial charge in [-0.3, -0.25) is 9.69 Å². The summed E-state index contributed by atoms with van der Waals surface area (Å²) in [7, 11) is 1.59. The van der Waals surface area contributed by atoms with E-state index in [0.717, 1.165) is 45.2 Å². The number of carbonyl (C=O) groups is 4. The normalized spacial score (nSPS) is 18.1. The molecule has 294 valence electrons. The number of ether oxygens (including phenoxy) is 3. The Bertz CT molecular complexity index is 2240. The minimum Gasteiger partial charge on any atom is -0.497 e. The van der Waals surface area contributed by atoms with E-state index in [9.17, 15) is 19.2 Å². The van der Waals surface area contributed by atoms with Crippen LogP contribution in [0.1, 0.15) is 61.8 Å². The molecule has 11 heteroatoms. The molecule has 5 aromatic rings. The van der Waals surface area contributed by atoms with Crippen molar-refractivity contribution in [3.05, 3.63) is 138 Å². The van der Waals surface area contributed by atoms with E-state index in [1.807, 2.05) is 66.7 Å². The summed E-state index contributed by atoms with van der Waals surface area (Å²) >= 11 is 0. The molecule has 0 bridgehead atoms. The Balaban J connectivity index is 1.12. The Hall–Kier alpha value is -6.23. The number of nitrogens with zero attached hydrogens (tertiary/aromatic N) is 4. The second kappa shape index (κ2) is 16.9. The van der Waals surface area contributed by atoms with Gasteiger partial charge in [-0.1, -0.05) is 84.9 Å². The lowest BCUT2D eigenvalue weighted by molar-refractivity contribution is -0.171. The number of rotatable bonds is 10. The molecule has 3 heterocycles. The lowest BCUT2D eigenvalue weighted by atomic mass is 9.82. The van der Waals surface area contributed by atoms with E-state index in [-0.39, 0.29) is 25.5 Å². The van der Waals surface area contributed by atoms with Gasteiger partial charge in [0, 0.05) is 25.2 Å². The Morgan fingerprint density at radius 1 is 0.842 bits per heavy atom. The number of hydrogen-bond donors (Lipinski definition) is 0. The molecule has 0 N–H and O–H groups in total. The summed E-state index contributed by atoms with van der Waals surface area (Å²) in [5, 5.41) is 2.28. The highest BCUT2D eigenvalue weighted by molar-refractivity contribution is 6.08. The van der Waals surface area contributed by atoms with Crippen molar-refractivity contribution < 1.29 is 33.4 Å². The molecular weight excluding hydrogens is 721 g/mol. The first-order valence-electron chi connectivity index (χ1n) is 19.4. The molecule has 2 saturated heterocycles. The number of aromatic nitrogens is 1. The Labute approximate surface area is 333 Å². The number of amides is 4. The number of hydrogen-bond acceptors (Lipinski definition) is 8. The summed E-state index contributed by atoms with van der Waals surface area (Å²) in [6, 6.07) is 33.0. The van der Waals surface area contributed by atoms with Crippen LogP contribution in [-0.4, -0.2) is 70.6 Å². The van der Waals surface area contributed by atoms with Gasteiger partial charge in [-0.05, 0) is 97.3 Å². The largest absolute Gasteiger partial charge is 0.497 e. The molecule has 7 rings (SSSR count). The van der Waals surface area contributed by atoms with Crippen molar-refractivity contribution in [2.45, 2.75) is 70.7 Å². The van der Waals surface area contributed by atoms with Gasteiger partial charge < -0.3 is 19.1 Å². The van der Waals surface area contributed by atoms with Crippen molar-refractivity contribution in [2.75, 3.05) is 25.1 Å². The fraction of sp³-hybridized carbons (Fsp3) is 0.326. The minimum absolute atomic E-state index is 0.00246. The summed E-state index contributed by atoms with van der Waals surface area (Å²) in [6.07, 6.45) is 2.76. The van der Waals surface area contributed by atoms with Crippen LogP contribution in [-0.2, 0) is 38.6 Å². The second-order valence-electron chi connectivity index (χ2n) is 15.7. The molecule has 1 aromatic heterocycles. The van der Waals surface area contributed by atoms with Gasteiger partial charge in [0.1, 0.15) is 23.8 Å². The standard InChI is InChI=1S/C46H48N4O7/c1-46(2,3)57-45(54)49(28-31-16-20-38(55-4)21-17-31)40-26-33(22-23-47-40)25-39-41(43(52)56-30-32-11-6-5-7-12-32)50(42(39)51)44(53)48-24-10-15-37(29-48)36-19-18-34-13-8-9-14-35(34)27-36/h5-9,11-14,16-23,26-27,37,39,41H,10,15,24-25,28-30H2,1-4H3/t37?,39-,41+/m1/s1. The van der Waals surface area contributed by atoms with E-state index in [1.165, 1.54) is 4.90 Å². The first kappa shape index (κ1) is 39.0. The van der Waals surface area contributed by atoms with Crippen LogP contribution in [0.4, 0.5) is 15.4 Å². The minimum atomic E-state index is -1.13. The lowest BCUT2D eigenvalue weighted by Crippen LogP contribution is -2.69. The highest BCUT2D eigenvalue weighted by atomic mass is 16.6. The quantitative estimate of drug-likeness (QED) is 0.103. The summed E-state index contributed by atoms with van der Waals surface area (Å²) in [6.45, 7) is 6.44. The lowest BCUT2D eigenvalue weighted by Gasteiger charge is -2.46. The summed E-state index contributed by atoms with van der Waals surface area (Å²) in [5.74, 6) is -0.885. The molecule has 4 aromatic carbocycles. The van der Waals surface area contributed by atoms with Crippen LogP contribution in [0.15, 0.2) is 115 Å². The SMILES string of the molecule is COc1ccc(CN(C(=O)OC(C)(C)C)c2cc(C[C@H]3C(=O)N(C(=O)N4CCCC(c5ccc6ccccc6c5)C4)[C@@H]3C(=O)OCc3ccccc3)ccn2)cc1. The van der Waals surface area contributed by atoms with Crippen LogP contribution in [0, 0.1) is 5.92 Å². The molecule has 0 aliphatic carbocycles. The zero-order valence-electron chi connectivity index (χ0n) is 32.8. The third kappa shape index (κ3) is 9.09. The number of piperidine rings is 1. The number of likely N-dealkylation sites (tertiary alicyclic amines) is 2. The van der Waals surface area contributed by atoms with Gasteiger partial charge in [0.2, 0.25) is 5.91 Å². The van der Waals surface area contributed by atoms with Crippen LogP contribution in [0.3, 0.4) is 0 Å². The molecule has 2 aliphatic rings. The van der Waals surface area contributed by atoms with Gasteiger partial charge in [-0.2, -0.15) is 0 Å². The van der Waals surface area contributed by atoms with Crippen LogP contribution in [0.5, 0.6) is 5.75 Å². The van der Waals surface area contributed by atoms with Crippen molar-refractivity contribution in [3.8, 4) is 5.75 Å². The summed E-state index contributed by atoms with van der Waals surface area (Å²) in [5.41, 5.74) is 2.64. The number of imide groups is 1. The van der Waals surface area contributed by atoms with Gasteiger partial charge in [0.05, 0.1) is 19.6 Å². The molecule has 2 aliphatic heterocycles. The first-order chi connectivity index (χ1) is 27.5. The third-order valence-electron chi connectivity index (χ3n) is 10.5. The molecular formula is C46H48N4O7. The molecule has 11 nitrogen and oxygen atoms in total. The maximum absolute atomic E-state index is 14.3. The van der Waals surface area contributed by atoms with E-state index in [1.54, 1.807) is 51.1 Å². The fourth-order valence-corrected chi connectivity index (χ4v) is 7.54. The van der Waals surface area contributed by atoms with Gasteiger partial charge in [0.25, 0.3) is 0 Å². The van der Waals surface area contributed by atoms with Gasteiger partial charge in [0.15, 0.2) is 6.04 Å². The molecule has 1 unspecified atom stereocenters. The number of fused-ring (bicyclic) bond motifs is 1. The number of methoxy groups -OCH3 is 1. The van der Waals surface area contributed by atoms with E-state index < -0.39 is 41.6 Å². The number of urea groups is 1. The van der Waals surface area contributed by atoms with Crippen molar-refractivity contribution >= 4 is 40.6 Å². The summed E-state index contributed by atoms with van der Waals surface area (Å²) in [4.78, 5) is 64.6. The highest BCUT2D eigenvalue weighted by Crippen LogP contribution is 2.36. The number of anilines is 1. The molecule has 57 heavy (non-hydrogen) atoms. The zero-order valence-corrected chi connectivity index (χ0v) is 32.8.